The molecule has 8 heteroatoms. The minimum Gasteiger partial charge on any atom is -0.234 e. The molecule has 36 heavy (non-hydrogen) atoms. The van der Waals surface area contributed by atoms with Crippen molar-refractivity contribution in [2.45, 2.75) is 77.6 Å². The van der Waals surface area contributed by atoms with Gasteiger partial charge < -0.3 is 0 Å². The molecule has 0 radical (unpaired) electrons. The molecule has 0 unspecified atom stereocenters. The number of hydrogen-bond acceptors (Lipinski definition) is 8. The second kappa shape index (κ2) is 9.08. The van der Waals surface area contributed by atoms with E-state index in [9.17, 15) is 0 Å². The van der Waals surface area contributed by atoms with Gasteiger partial charge in [0, 0.05) is 53.9 Å². The van der Waals surface area contributed by atoms with E-state index in [4.69, 9.17) is 15.0 Å². The first-order valence-corrected chi connectivity index (χ1v) is 12.4. The first-order chi connectivity index (χ1) is 17.1. The first-order valence-electron chi connectivity index (χ1n) is 12.4. The maximum atomic E-state index is 4.96. The van der Waals surface area contributed by atoms with E-state index in [1.165, 1.54) is 18.4 Å². The minimum absolute atomic E-state index is 0.0695. The third kappa shape index (κ3) is 4.98. The van der Waals surface area contributed by atoms with Crippen molar-refractivity contribution in [1.29, 1.82) is 0 Å². The summed E-state index contributed by atoms with van der Waals surface area (Å²) in [5, 5.41) is 0. The van der Waals surface area contributed by atoms with Crippen LogP contribution < -0.4 is 0 Å². The number of nitrogens with zero attached hydrogens (tertiary/aromatic N) is 8. The molecular formula is C28H32N8. The molecule has 0 N–H and O–H groups in total. The summed E-state index contributed by atoms with van der Waals surface area (Å²) >= 11 is 0. The van der Waals surface area contributed by atoms with Crippen molar-refractivity contribution in [1.82, 2.24) is 39.9 Å². The van der Waals surface area contributed by atoms with Crippen LogP contribution >= 0.6 is 0 Å². The molecule has 1 aliphatic rings. The van der Waals surface area contributed by atoms with Gasteiger partial charge in [-0.15, -0.1) is 0 Å². The van der Waals surface area contributed by atoms with Gasteiger partial charge in [0.1, 0.15) is 0 Å². The van der Waals surface area contributed by atoms with Gasteiger partial charge in [-0.3, -0.25) is 0 Å². The van der Waals surface area contributed by atoms with E-state index in [0.29, 0.717) is 35.6 Å². The molecule has 4 aromatic heterocycles. The van der Waals surface area contributed by atoms with Gasteiger partial charge >= 0.3 is 0 Å². The van der Waals surface area contributed by atoms with Crippen LogP contribution in [0.5, 0.6) is 0 Å². The van der Waals surface area contributed by atoms with Gasteiger partial charge in [0.2, 0.25) is 0 Å². The lowest BCUT2D eigenvalue weighted by Crippen LogP contribution is -2.25. The fraction of sp³-hybridized carbons (Fsp3) is 0.429. The molecule has 0 aliphatic heterocycles. The van der Waals surface area contributed by atoms with Crippen LogP contribution in [0.2, 0.25) is 0 Å². The molecule has 0 bridgehead atoms. The van der Waals surface area contributed by atoms with Crippen molar-refractivity contribution in [3.05, 3.63) is 71.3 Å². The largest absolute Gasteiger partial charge is 0.234 e. The molecule has 4 aromatic rings. The Labute approximate surface area is 212 Å². The topological polar surface area (TPSA) is 103 Å². The summed E-state index contributed by atoms with van der Waals surface area (Å²) in [5.74, 6) is 2.75. The standard InChI is InChI=1S/C28H32N8/c1-17-15-32-24(23-29-11-7-12-30-23)35-21(17)28(5,6)14-19-10-13-31-25(34-19)26-33-16-20(18-8-9-18)22(36-26)27(2,3)4/h7,10-13,15-16,18H,8-9,14H2,1-6H3. The normalized spacial score (nSPS) is 14.2. The van der Waals surface area contributed by atoms with E-state index in [1.807, 2.05) is 25.4 Å². The van der Waals surface area contributed by atoms with Gasteiger partial charge in [0.05, 0.1) is 11.4 Å². The van der Waals surface area contributed by atoms with E-state index in [-0.39, 0.29) is 10.8 Å². The highest BCUT2D eigenvalue weighted by Crippen LogP contribution is 2.43. The van der Waals surface area contributed by atoms with Gasteiger partial charge in [0.15, 0.2) is 23.3 Å². The molecule has 1 aliphatic carbocycles. The lowest BCUT2D eigenvalue weighted by Gasteiger charge is -2.26. The summed E-state index contributed by atoms with van der Waals surface area (Å²) in [6.07, 6.45) is 12.1. The molecular weight excluding hydrogens is 448 g/mol. The Morgan fingerprint density at radius 3 is 2.03 bits per heavy atom. The van der Waals surface area contributed by atoms with E-state index in [2.05, 4.69) is 59.5 Å². The predicted octanol–water partition coefficient (Wildman–Crippen LogP) is 5.18. The number of aromatic nitrogens is 8. The van der Waals surface area contributed by atoms with Crippen LogP contribution in [0.15, 0.2) is 43.1 Å². The zero-order valence-corrected chi connectivity index (χ0v) is 21.8. The van der Waals surface area contributed by atoms with Crippen LogP contribution in [0.25, 0.3) is 23.3 Å². The monoisotopic (exact) mass is 480 g/mol. The fourth-order valence-electron chi connectivity index (χ4n) is 4.58. The molecule has 1 saturated carbocycles. The molecule has 5 rings (SSSR count). The Morgan fingerprint density at radius 2 is 1.33 bits per heavy atom. The summed E-state index contributed by atoms with van der Waals surface area (Å²) in [6.45, 7) is 13.0. The maximum absolute atomic E-state index is 4.96. The quantitative estimate of drug-likeness (QED) is 0.372. The van der Waals surface area contributed by atoms with Crippen molar-refractivity contribution < 1.29 is 0 Å². The Hall–Kier alpha value is -3.68. The van der Waals surface area contributed by atoms with Crippen LogP contribution in [0.4, 0.5) is 0 Å². The average Bonchev–Trinajstić information content (AvgIpc) is 3.69. The molecule has 4 heterocycles. The Bertz CT molecular complexity index is 1390. The van der Waals surface area contributed by atoms with Gasteiger partial charge in [-0.05, 0) is 48.9 Å². The van der Waals surface area contributed by atoms with Gasteiger partial charge in [0.25, 0.3) is 0 Å². The van der Waals surface area contributed by atoms with Crippen LogP contribution in [-0.2, 0) is 17.3 Å². The lowest BCUT2D eigenvalue weighted by atomic mass is 9.82. The number of rotatable bonds is 6. The van der Waals surface area contributed by atoms with Crippen molar-refractivity contribution in [3.8, 4) is 23.3 Å². The highest BCUT2D eigenvalue weighted by atomic mass is 15.0. The van der Waals surface area contributed by atoms with Crippen LogP contribution in [0.3, 0.4) is 0 Å². The first kappa shape index (κ1) is 24.0. The number of aryl methyl sites for hydroxylation is 1. The predicted molar refractivity (Wildman–Crippen MR) is 138 cm³/mol. The molecule has 0 spiro atoms. The Morgan fingerprint density at radius 1 is 0.722 bits per heavy atom. The molecule has 0 aromatic carbocycles. The zero-order chi connectivity index (χ0) is 25.5. The third-order valence-electron chi connectivity index (χ3n) is 6.46. The van der Waals surface area contributed by atoms with Gasteiger partial charge in [-0.25, -0.2) is 39.9 Å². The smallest absolute Gasteiger partial charge is 0.197 e. The molecule has 184 valence electrons. The second-order valence-electron chi connectivity index (χ2n) is 11.3. The summed E-state index contributed by atoms with van der Waals surface area (Å²) < 4.78 is 0. The fourth-order valence-corrected chi connectivity index (χ4v) is 4.58. The summed E-state index contributed by atoms with van der Waals surface area (Å²) in [4.78, 5) is 36.9. The van der Waals surface area contributed by atoms with E-state index in [0.717, 1.165) is 22.6 Å². The van der Waals surface area contributed by atoms with E-state index >= 15 is 0 Å². The van der Waals surface area contributed by atoms with Crippen molar-refractivity contribution >= 4 is 0 Å². The molecule has 0 atom stereocenters. The maximum Gasteiger partial charge on any atom is 0.197 e. The SMILES string of the molecule is Cc1cnc(-c2ncccn2)nc1C(C)(C)Cc1ccnc(-c2ncc(C3CC3)c(C(C)(C)C)n2)n1. The highest BCUT2D eigenvalue weighted by Gasteiger charge is 2.32. The minimum atomic E-state index is -0.310. The van der Waals surface area contributed by atoms with Crippen LogP contribution in [-0.4, -0.2) is 39.9 Å². The van der Waals surface area contributed by atoms with E-state index in [1.54, 1.807) is 24.7 Å². The zero-order valence-electron chi connectivity index (χ0n) is 21.8. The Kier molecular flexibility index (Phi) is 6.06. The van der Waals surface area contributed by atoms with Crippen LogP contribution in [0.1, 0.15) is 81.6 Å². The number of hydrogen-bond donors (Lipinski definition) is 0. The summed E-state index contributed by atoms with van der Waals surface area (Å²) in [5.41, 5.74) is 4.85. The Balaban J connectivity index is 1.46. The molecule has 0 saturated heterocycles. The lowest BCUT2D eigenvalue weighted by molar-refractivity contribution is 0.494. The molecule has 0 amide bonds. The summed E-state index contributed by atoms with van der Waals surface area (Å²) in [7, 11) is 0. The van der Waals surface area contributed by atoms with Crippen molar-refractivity contribution in [2.24, 2.45) is 0 Å². The van der Waals surface area contributed by atoms with Gasteiger partial charge in [-0.1, -0.05) is 34.6 Å². The average molecular weight is 481 g/mol. The molecule has 8 nitrogen and oxygen atoms in total. The third-order valence-corrected chi connectivity index (χ3v) is 6.46. The van der Waals surface area contributed by atoms with Crippen molar-refractivity contribution in [3.63, 3.8) is 0 Å². The van der Waals surface area contributed by atoms with E-state index < -0.39 is 0 Å². The highest BCUT2D eigenvalue weighted by molar-refractivity contribution is 5.47. The van der Waals surface area contributed by atoms with Gasteiger partial charge in [-0.2, -0.15) is 0 Å². The van der Waals surface area contributed by atoms with Crippen LogP contribution in [0, 0.1) is 6.92 Å². The summed E-state index contributed by atoms with van der Waals surface area (Å²) in [6, 6.07) is 3.73. The second-order valence-corrected chi connectivity index (χ2v) is 11.3. The molecule has 1 fully saturated rings. The van der Waals surface area contributed by atoms with Crippen molar-refractivity contribution in [2.75, 3.05) is 0 Å².